The molecule has 4 aromatic rings. The molecule has 6 nitrogen and oxygen atoms in total. The van der Waals surface area contributed by atoms with E-state index in [-0.39, 0.29) is 11.7 Å². The molecule has 0 atom stereocenters. The highest BCUT2D eigenvalue weighted by atomic mass is 35.5. The quantitative estimate of drug-likeness (QED) is 0.375. The predicted octanol–water partition coefficient (Wildman–Crippen LogP) is 4.99. The molecule has 5 rings (SSSR count). The average molecular weight is 483 g/mol. The van der Waals surface area contributed by atoms with Crippen LogP contribution in [0, 0.1) is 0 Å². The van der Waals surface area contributed by atoms with Crippen LogP contribution in [0.25, 0.3) is 11.3 Å². The number of nitrogens with zero attached hydrogens (tertiary/aromatic N) is 4. The minimum absolute atomic E-state index is 0.131. The first-order chi connectivity index (χ1) is 17.1. The molecule has 1 aliphatic heterocycles. The third-order valence-corrected chi connectivity index (χ3v) is 6.37. The van der Waals surface area contributed by atoms with Crippen molar-refractivity contribution in [2.45, 2.75) is 0 Å². The molecule has 0 N–H and O–H groups in total. The van der Waals surface area contributed by atoms with Crippen molar-refractivity contribution in [1.82, 2.24) is 15.1 Å². The zero-order valence-corrected chi connectivity index (χ0v) is 19.7. The van der Waals surface area contributed by atoms with E-state index in [0.29, 0.717) is 47.9 Å². The van der Waals surface area contributed by atoms with Crippen molar-refractivity contribution in [2.24, 2.45) is 0 Å². The van der Waals surface area contributed by atoms with Gasteiger partial charge in [0, 0.05) is 47.9 Å². The van der Waals surface area contributed by atoms with E-state index in [0.717, 1.165) is 17.1 Å². The summed E-state index contributed by atoms with van der Waals surface area (Å²) in [4.78, 5) is 30.3. The highest BCUT2D eigenvalue weighted by Crippen LogP contribution is 2.22. The number of hydrogen-bond donors (Lipinski definition) is 0. The summed E-state index contributed by atoms with van der Waals surface area (Å²) in [5.41, 5.74) is 3.15. The predicted molar refractivity (Wildman–Crippen MR) is 137 cm³/mol. The highest BCUT2D eigenvalue weighted by Gasteiger charge is 2.26. The van der Waals surface area contributed by atoms with E-state index in [9.17, 15) is 9.59 Å². The van der Waals surface area contributed by atoms with Crippen molar-refractivity contribution in [3.05, 3.63) is 113 Å². The minimum atomic E-state index is -0.149. The number of anilines is 1. The Kier molecular flexibility index (Phi) is 6.55. The number of carbonyl (C=O) groups is 2. The summed E-state index contributed by atoms with van der Waals surface area (Å²) in [6, 6.07) is 27.4. The minimum Gasteiger partial charge on any atom is -0.352 e. The fourth-order valence-electron chi connectivity index (χ4n) is 4.19. The molecule has 0 saturated carbocycles. The fourth-order valence-corrected chi connectivity index (χ4v) is 4.32. The summed E-state index contributed by atoms with van der Waals surface area (Å²) >= 11 is 5.96. The van der Waals surface area contributed by atoms with Crippen LogP contribution >= 0.6 is 11.6 Å². The van der Waals surface area contributed by atoms with Crippen molar-refractivity contribution >= 4 is 29.1 Å². The summed E-state index contributed by atoms with van der Waals surface area (Å²) < 4.78 is 0. The molecule has 1 saturated heterocycles. The lowest BCUT2D eigenvalue weighted by Crippen LogP contribution is -2.49. The number of amides is 1. The Balaban J connectivity index is 1.26. The molecule has 0 radical (unpaired) electrons. The number of carbonyl (C=O) groups excluding carboxylic acids is 2. The maximum Gasteiger partial charge on any atom is 0.254 e. The van der Waals surface area contributed by atoms with Crippen LogP contribution in [0.1, 0.15) is 26.3 Å². The fraction of sp³-hybridized carbons (Fsp3) is 0.143. The van der Waals surface area contributed by atoms with E-state index in [1.165, 1.54) is 0 Å². The monoisotopic (exact) mass is 482 g/mol. The van der Waals surface area contributed by atoms with E-state index in [4.69, 9.17) is 11.6 Å². The van der Waals surface area contributed by atoms with Crippen LogP contribution in [0.2, 0.25) is 5.02 Å². The molecule has 2 heterocycles. The normalized spacial score (nSPS) is 13.5. The molecule has 0 bridgehead atoms. The Morgan fingerprint density at radius 1 is 0.686 bits per heavy atom. The molecule has 35 heavy (non-hydrogen) atoms. The van der Waals surface area contributed by atoms with Crippen LogP contribution in [0.4, 0.5) is 5.82 Å². The maximum absolute atomic E-state index is 13.3. The van der Waals surface area contributed by atoms with Gasteiger partial charge in [-0.3, -0.25) is 9.59 Å². The molecular formula is C28H23ClN4O2. The van der Waals surface area contributed by atoms with Crippen LogP contribution in [0.5, 0.6) is 0 Å². The van der Waals surface area contributed by atoms with Crippen molar-refractivity contribution in [3.63, 3.8) is 0 Å². The first kappa shape index (κ1) is 22.7. The lowest BCUT2D eigenvalue weighted by atomic mass is 9.97. The Morgan fingerprint density at radius 2 is 1.34 bits per heavy atom. The standard InChI is InChI=1S/C28H23ClN4O2/c29-22-12-10-20(11-13-22)25-14-15-26(31-30-25)32-16-18-33(19-17-32)28(35)24-9-5-4-8-23(24)27(34)21-6-2-1-3-7-21/h1-15H,16-19H2. The van der Waals surface area contributed by atoms with Gasteiger partial charge in [-0.1, -0.05) is 72.3 Å². The molecule has 174 valence electrons. The van der Waals surface area contributed by atoms with Crippen molar-refractivity contribution in [1.29, 1.82) is 0 Å². The first-order valence-corrected chi connectivity index (χ1v) is 11.8. The van der Waals surface area contributed by atoms with Crippen molar-refractivity contribution in [2.75, 3.05) is 31.1 Å². The first-order valence-electron chi connectivity index (χ1n) is 11.4. The van der Waals surface area contributed by atoms with Gasteiger partial charge in [-0.2, -0.15) is 0 Å². The summed E-state index contributed by atoms with van der Waals surface area (Å²) in [7, 11) is 0. The van der Waals surface area contributed by atoms with E-state index in [2.05, 4.69) is 15.1 Å². The van der Waals surface area contributed by atoms with Crippen LogP contribution in [0.15, 0.2) is 91.0 Å². The van der Waals surface area contributed by atoms with Gasteiger partial charge in [-0.25, -0.2) is 0 Å². The van der Waals surface area contributed by atoms with E-state index >= 15 is 0 Å². The number of rotatable bonds is 5. The van der Waals surface area contributed by atoms with E-state index < -0.39 is 0 Å². The van der Waals surface area contributed by atoms with Crippen LogP contribution < -0.4 is 4.90 Å². The van der Waals surface area contributed by atoms with Gasteiger partial charge in [-0.05, 0) is 30.3 Å². The Labute approximate surface area is 208 Å². The number of halogens is 1. The molecule has 3 aromatic carbocycles. The van der Waals surface area contributed by atoms with E-state index in [1.807, 2.05) is 54.6 Å². The molecule has 1 aliphatic rings. The molecule has 1 amide bonds. The molecule has 1 fully saturated rings. The van der Waals surface area contributed by atoms with Gasteiger partial charge < -0.3 is 9.80 Å². The molecule has 0 unspecified atom stereocenters. The molecular weight excluding hydrogens is 460 g/mol. The van der Waals surface area contributed by atoms with Gasteiger partial charge >= 0.3 is 0 Å². The number of aromatic nitrogens is 2. The highest BCUT2D eigenvalue weighted by molar-refractivity contribution is 6.30. The molecule has 0 spiro atoms. The van der Waals surface area contributed by atoms with Crippen LogP contribution in [-0.2, 0) is 0 Å². The zero-order chi connectivity index (χ0) is 24.2. The Morgan fingerprint density at radius 3 is 2.00 bits per heavy atom. The van der Waals surface area contributed by atoms with Crippen LogP contribution in [0.3, 0.4) is 0 Å². The third-order valence-electron chi connectivity index (χ3n) is 6.12. The Hall–Kier alpha value is -4.03. The zero-order valence-electron chi connectivity index (χ0n) is 19.0. The SMILES string of the molecule is O=C(c1ccccc1)c1ccccc1C(=O)N1CCN(c2ccc(-c3ccc(Cl)cc3)nn2)CC1. The smallest absolute Gasteiger partial charge is 0.254 e. The van der Waals surface area contributed by atoms with Gasteiger partial charge in [0.05, 0.1) is 11.3 Å². The number of benzene rings is 3. The summed E-state index contributed by atoms with van der Waals surface area (Å²) in [6.07, 6.45) is 0. The van der Waals surface area contributed by atoms with Crippen LogP contribution in [-0.4, -0.2) is 53.0 Å². The van der Waals surface area contributed by atoms with Gasteiger partial charge in [0.2, 0.25) is 0 Å². The lowest BCUT2D eigenvalue weighted by Gasteiger charge is -2.35. The second-order valence-corrected chi connectivity index (χ2v) is 8.74. The molecule has 7 heteroatoms. The van der Waals surface area contributed by atoms with E-state index in [1.54, 1.807) is 41.3 Å². The largest absolute Gasteiger partial charge is 0.352 e. The molecule has 1 aromatic heterocycles. The summed E-state index contributed by atoms with van der Waals surface area (Å²) in [5.74, 6) is 0.493. The molecule has 0 aliphatic carbocycles. The van der Waals surface area contributed by atoms with Gasteiger partial charge in [0.1, 0.15) is 0 Å². The average Bonchev–Trinajstić information content (AvgIpc) is 2.93. The lowest BCUT2D eigenvalue weighted by molar-refractivity contribution is 0.0742. The topological polar surface area (TPSA) is 66.4 Å². The van der Waals surface area contributed by atoms with Crippen molar-refractivity contribution in [3.8, 4) is 11.3 Å². The van der Waals surface area contributed by atoms with Gasteiger partial charge in [0.15, 0.2) is 11.6 Å². The number of piperazine rings is 1. The van der Waals surface area contributed by atoms with Gasteiger partial charge in [0.25, 0.3) is 5.91 Å². The van der Waals surface area contributed by atoms with Crippen molar-refractivity contribution < 1.29 is 9.59 Å². The second kappa shape index (κ2) is 10.1. The maximum atomic E-state index is 13.3. The van der Waals surface area contributed by atoms with Gasteiger partial charge in [-0.15, -0.1) is 10.2 Å². The number of ketones is 1. The third kappa shape index (κ3) is 4.93. The summed E-state index contributed by atoms with van der Waals surface area (Å²) in [5, 5.41) is 9.44. The Bertz CT molecular complexity index is 1330. The number of hydrogen-bond acceptors (Lipinski definition) is 5. The summed E-state index contributed by atoms with van der Waals surface area (Å²) in [6.45, 7) is 2.34. The second-order valence-electron chi connectivity index (χ2n) is 8.30.